The highest BCUT2D eigenvalue weighted by atomic mass is 16.5. The number of aliphatic imine (C=N–C) groups is 1. The van der Waals surface area contributed by atoms with E-state index in [-0.39, 0.29) is 5.97 Å². The largest absolute Gasteiger partial charge is 0.481 e. The Bertz CT molecular complexity index is 663. The van der Waals surface area contributed by atoms with E-state index in [2.05, 4.69) is 17.1 Å². The third-order valence-electron chi connectivity index (χ3n) is 3.40. The molecule has 0 aliphatic heterocycles. The fourth-order valence-electron chi connectivity index (χ4n) is 2.27. The minimum atomic E-state index is -0.311. The van der Waals surface area contributed by atoms with Crippen molar-refractivity contribution in [2.45, 2.75) is 33.2 Å². The predicted octanol–water partition coefficient (Wildman–Crippen LogP) is 4.18. The van der Waals surface area contributed by atoms with Gasteiger partial charge in [-0.25, -0.2) is 0 Å². The van der Waals surface area contributed by atoms with Crippen molar-refractivity contribution >= 4 is 11.9 Å². The molecule has 4 heteroatoms. The van der Waals surface area contributed by atoms with Gasteiger partial charge in [-0.1, -0.05) is 42.5 Å². The minimum Gasteiger partial charge on any atom is -0.481 e. The average molecular weight is 325 g/mol. The highest BCUT2D eigenvalue weighted by molar-refractivity contribution is 5.76. The van der Waals surface area contributed by atoms with Gasteiger partial charge in [0.05, 0.1) is 13.2 Å². The third kappa shape index (κ3) is 6.24. The highest BCUT2D eigenvalue weighted by Gasteiger charge is 2.03. The van der Waals surface area contributed by atoms with Crippen LogP contribution in [-0.2, 0) is 22.5 Å². The Morgan fingerprint density at radius 2 is 1.71 bits per heavy atom. The van der Waals surface area contributed by atoms with Gasteiger partial charge in [-0.2, -0.15) is 0 Å². The number of benzene rings is 2. The Morgan fingerprint density at radius 1 is 1.00 bits per heavy atom. The van der Waals surface area contributed by atoms with Gasteiger partial charge < -0.3 is 9.47 Å². The van der Waals surface area contributed by atoms with Crippen molar-refractivity contribution in [1.29, 1.82) is 0 Å². The van der Waals surface area contributed by atoms with E-state index in [4.69, 9.17) is 9.47 Å². The molecule has 0 amide bonds. The van der Waals surface area contributed by atoms with Crippen LogP contribution in [-0.4, -0.2) is 18.5 Å². The summed E-state index contributed by atoms with van der Waals surface area (Å²) in [6.45, 7) is 4.60. The van der Waals surface area contributed by atoms with Crippen molar-refractivity contribution in [2.75, 3.05) is 6.61 Å². The molecule has 0 aliphatic carbocycles. The summed E-state index contributed by atoms with van der Waals surface area (Å²) in [5, 5.41) is 0. The first-order valence-corrected chi connectivity index (χ1v) is 8.14. The summed E-state index contributed by atoms with van der Waals surface area (Å²) in [7, 11) is 0. The standard InChI is InChI=1S/C20H23NO3/c1-3-23-20(21-15-18-7-5-4-6-8-18)14-11-17-9-12-19(13-10-17)24-16(2)22/h4-10,12-13H,3,11,14-15H2,1-2H3. The molecule has 0 heterocycles. The smallest absolute Gasteiger partial charge is 0.308 e. The van der Waals surface area contributed by atoms with Gasteiger partial charge in [0.2, 0.25) is 0 Å². The zero-order valence-electron chi connectivity index (χ0n) is 14.2. The number of ether oxygens (including phenoxy) is 2. The van der Waals surface area contributed by atoms with Crippen LogP contribution in [0.4, 0.5) is 0 Å². The minimum absolute atomic E-state index is 0.311. The van der Waals surface area contributed by atoms with Crippen molar-refractivity contribution in [3.8, 4) is 5.75 Å². The number of hydrogen-bond acceptors (Lipinski definition) is 4. The molecule has 0 N–H and O–H groups in total. The molecule has 2 rings (SSSR count). The van der Waals surface area contributed by atoms with Crippen LogP contribution in [0.5, 0.6) is 5.75 Å². The van der Waals surface area contributed by atoms with Crippen molar-refractivity contribution in [1.82, 2.24) is 0 Å². The Hall–Kier alpha value is -2.62. The summed E-state index contributed by atoms with van der Waals surface area (Å²) in [5.74, 6) is 1.02. The molecular weight excluding hydrogens is 302 g/mol. The molecule has 2 aromatic rings. The molecule has 0 atom stereocenters. The Labute approximate surface area is 143 Å². The average Bonchev–Trinajstić information content (AvgIpc) is 2.59. The molecule has 0 saturated heterocycles. The maximum absolute atomic E-state index is 10.9. The van der Waals surface area contributed by atoms with E-state index in [1.165, 1.54) is 12.5 Å². The molecule has 0 bridgehead atoms. The van der Waals surface area contributed by atoms with Crippen LogP contribution in [0.1, 0.15) is 31.4 Å². The van der Waals surface area contributed by atoms with Crippen molar-refractivity contribution in [2.24, 2.45) is 4.99 Å². The summed E-state index contributed by atoms with van der Waals surface area (Å²) >= 11 is 0. The Kier molecular flexibility index (Phi) is 7.02. The summed E-state index contributed by atoms with van der Waals surface area (Å²) in [4.78, 5) is 15.5. The highest BCUT2D eigenvalue weighted by Crippen LogP contribution is 2.14. The quantitative estimate of drug-likeness (QED) is 0.332. The van der Waals surface area contributed by atoms with Gasteiger partial charge in [0.25, 0.3) is 0 Å². The molecule has 0 spiro atoms. The van der Waals surface area contributed by atoms with Gasteiger partial charge >= 0.3 is 5.97 Å². The van der Waals surface area contributed by atoms with Crippen molar-refractivity contribution < 1.29 is 14.3 Å². The molecule has 2 aromatic carbocycles. The fraction of sp³-hybridized carbons (Fsp3) is 0.300. The van der Waals surface area contributed by atoms with E-state index < -0.39 is 0 Å². The van der Waals surface area contributed by atoms with E-state index in [9.17, 15) is 4.79 Å². The molecule has 0 radical (unpaired) electrons. The number of carbonyl (C=O) groups excluding carboxylic acids is 1. The number of esters is 1. The molecule has 0 saturated carbocycles. The van der Waals surface area contributed by atoms with Crippen LogP contribution < -0.4 is 4.74 Å². The van der Waals surface area contributed by atoms with Crippen LogP contribution in [0.3, 0.4) is 0 Å². The first-order chi connectivity index (χ1) is 11.7. The fourth-order valence-corrected chi connectivity index (χ4v) is 2.27. The number of rotatable bonds is 7. The van der Waals surface area contributed by atoms with Gasteiger partial charge in [0.1, 0.15) is 5.75 Å². The predicted molar refractivity (Wildman–Crippen MR) is 95.3 cm³/mol. The van der Waals surface area contributed by atoms with Crippen molar-refractivity contribution in [3.63, 3.8) is 0 Å². The lowest BCUT2D eigenvalue weighted by Crippen LogP contribution is -2.07. The molecule has 4 nitrogen and oxygen atoms in total. The maximum atomic E-state index is 10.9. The molecule has 0 fully saturated rings. The van der Waals surface area contributed by atoms with Crippen LogP contribution in [0.2, 0.25) is 0 Å². The van der Waals surface area contributed by atoms with Gasteiger partial charge in [-0.3, -0.25) is 9.79 Å². The molecule has 0 aliphatic rings. The van der Waals surface area contributed by atoms with Gasteiger partial charge in [0.15, 0.2) is 5.90 Å². The summed E-state index contributed by atoms with van der Waals surface area (Å²) < 4.78 is 10.7. The zero-order valence-corrected chi connectivity index (χ0v) is 14.2. The van der Waals surface area contributed by atoms with Crippen LogP contribution in [0.15, 0.2) is 59.6 Å². The summed E-state index contributed by atoms with van der Waals surface area (Å²) in [5.41, 5.74) is 2.32. The topological polar surface area (TPSA) is 47.9 Å². The SMILES string of the molecule is CCOC(CCc1ccc(OC(C)=O)cc1)=NCc1ccccc1. The number of carbonyl (C=O) groups is 1. The lowest BCUT2D eigenvalue weighted by molar-refractivity contribution is -0.131. The first-order valence-electron chi connectivity index (χ1n) is 8.14. The number of aryl methyl sites for hydroxylation is 1. The molecule has 0 aromatic heterocycles. The maximum Gasteiger partial charge on any atom is 0.308 e. The second-order valence-corrected chi connectivity index (χ2v) is 5.37. The van der Waals surface area contributed by atoms with Crippen LogP contribution in [0, 0.1) is 0 Å². The third-order valence-corrected chi connectivity index (χ3v) is 3.40. The number of nitrogens with zero attached hydrogens (tertiary/aromatic N) is 1. The molecular formula is C20H23NO3. The van der Waals surface area contributed by atoms with Crippen molar-refractivity contribution in [3.05, 3.63) is 65.7 Å². The molecule has 0 unspecified atom stereocenters. The zero-order chi connectivity index (χ0) is 17.2. The lowest BCUT2D eigenvalue weighted by atomic mass is 10.1. The van der Waals surface area contributed by atoms with E-state index in [1.807, 2.05) is 37.3 Å². The van der Waals surface area contributed by atoms with E-state index in [0.717, 1.165) is 24.3 Å². The summed E-state index contributed by atoms with van der Waals surface area (Å²) in [6.07, 6.45) is 1.57. The van der Waals surface area contributed by atoms with E-state index >= 15 is 0 Å². The van der Waals surface area contributed by atoms with Gasteiger partial charge in [-0.05, 0) is 36.6 Å². The Balaban J connectivity index is 1.91. The summed E-state index contributed by atoms with van der Waals surface area (Å²) in [6, 6.07) is 17.7. The first kappa shape index (κ1) is 17.7. The monoisotopic (exact) mass is 325 g/mol. The van der Waals surface area contributed by atoms with E-state index in [0.29, 0.717) is 18.9 Å². The second-order valence-electron chi connectivity index (χ2n) is 5.37. The number of hydrogen-bond donors (Lipinski definition) is 0. The molecule has 24 heavy (non-hydrogen) atoms. The van der Waals surface area contributed by atoms with Gasteiger partial charge in [0, 0.05) is 13.3 Å². The van der Waals surface area contributed by atoms with Crippen LogP contribution >= 0.6 is 0 Å². The normalized spacial score (nSPS) is 11.2. The van der Waals surface area contributed by atoms with E-state index in [1.54, 1.807) is 12.1 Å². The molecule has 126 valence electrons. The van der Waals surface area contributed by atoms with Crippen LogP contribution in [0.25, 0.3) is 0 Å². The lowest BCUT2D eigenvalue weighted by Gasteiger charge is -2.08. The Morgan fingerprint density at radius 3 is 2.33 bits per heavy atom. The van der Waals surface area contributed by atoms with Gasteiger partial charge in [-0.15, -0.1) is 0 Å². The second kappa shape index (κ2) is 9.50.